The zero-order valence-electron chi connectivity index (χ0n) is 20.9. The number of carbonyl (C=O) groups is 3. The fourth-order valence-electron chi connectivity index (χ4n) is 5.07. The van der Waals surface area contributed by atoms with Gasteiger partial charge in [-0.25, -0.2) is 4.79 Å². The monoisotopic (exact) mass is 490 g/mol. The lowest BCUT2D eigenvalue weighted by atomic mass is 9.67. The van der Waals surface area contributed by atoms with Gasteiger partial charge in [-0.3, -0.25) is 14.6 Å². The van der Waals surface area contributed by atoms with Gasteiger partial charge < -0.3 is 19.5 Å². The minimum absolute atomic E-state index is 0.156. The molecule has 4 rings (SSSR count). The number of ketones is 1. The van der Waals surface area contributed by atoms with Gasteiger partial charge in [-0.2, -0.15) is 0 Å². The Hall–Kier alpha value is -3.94. The van der Waals surface area contributed by atoms with E-state index in [-0.39, 0.29) is 19.0 Å². The molecule has 1 aliphatic heterocycles. The minimum atomic E-state index is -1.05. The third kappa shape index (κ3) is 4.63. The number of rotatable bonds is 7. The first-order valence-corrected chi connectivity index (χ1v) is 12.0. The van der Waals surface area contributed by atoms with Crippen molar-refractivity contribution in [3.63, 3.8) is 0 Å². The molecule has 3 atom stereocenters. The number of nitrogens with one attached hydrogen (secondary N) is 1. The van der Waals surface area contributed by atoms with Crippen LogP contribution in [0.3, 0.4) is 0 Å². The van der Waals surface area contributed by atoms with E-state index in [1.165, 1.54) is 0 Å². The Bertz CT molecular complexity index is 1220. The predicted octanol–water partition coefficient (Wildman–Crippen LogP) is 3.80. The van der Waals surface area contributed by atoms with Crippen molar-refractivity contribution in [2.45, 2.75) is 39.0 Å². The molecule has 3 unspecified atom stereocenters. The molecule has 0 radical (unpaired) electrons. The molecule has 1 N–H and O–H groups in total. The van der Waals surface area contributed by atoms with Crippen LogP contribution in [0.1, 0.15) is 50.2 Å². The first-order chi connectivity index (χ1) is 17.4. The highest BCUT2D eigenvalue weighted by atomic mass is 16.5. The van der Waals surface area contributed by atoms with Gasteiger partial charge in [0, 0.05) is 41.2 Å². The maximum Gasteiger partial charge on any atom is 0.336 e. The first-order valence-electron chi connectivity index (χ1n) is 12.0. The number of nitrogens with zero attached hydrogens (tertiary/aromatic N) is 1. The number of esters is 2. The van der Waals surface area contributed by atoms with E-state index in [0.717, 1.165) is 11.1 Å². The third-order valence-electron chi connectivity index (χ3n) is 6.64. The zero-order valence-corrected chi connectivity index (χ0v) is 20.9. The van der Waals surface area contributed by atoms with Gasteiger partial charge in [0.15, 0.2) is 5.78 Å². The van der Waals surface area contributed by atoms with E-state index in [1.54, 1.807) is 52.4 Å². The van der Waals surface area contributed by atoms with Gasteiger partial charge in [-0.05, 0) is 62.6 Å². The highest BCUT2D eigenvalue weighted by Gasteiger charge is 2.49. The van der Waals surface area contributed by atoms with E-state index in [9.17, 15) is 14.4 Å². The second-order valence-corrected chi connectivity index (χ2v) is 8.67. The lowest BCUT2D eigenvalue weighted by molar-refractivity contribution is -0.152. The van der Waals surface area contributed by atoms with Gasteiger partial charge in [0.2, 0.25) is 0 Å². The Morgan fingerprint density at radius 1 is 1.00 bits per heavy atom. The SMILES string of the molecule is CCOC(=O)C1=C(C)NC2=C(C(=O)C(C(=O)OCC)C(c3ccc(OC)cc3)C2)C1c1ccncc1. The molecule has 2 aliphatic rings. The van der Waals surface area contributed by atoms with E-state index in [4.69, 9.17) is 14.2 Å². The van der Waals surface area contributed by atoms with Crippen molar-refractivity contribution in [1.82, 2.24) is 10.3 Å². The number of ether oxygens (including phenoxy) is 3. The highest BCUT2D eigenvalue weighted by molar-refractivity contribution is 6.13. The number of benzene rings is 1. The maximum atomic E-state index is 14.2. The molecule has 2 aromatic rings. The second kappa shape index (κ2) is 10.8. The zero-order chi connectivity index (χ0) is 25.8. The molecule has 8 heteroatoms. The molecule has 1 aliphatic carbocycles. The van der Waals surface area contributed by atoms with E-state index in [0.29, 0.717) is 34.7 Å². The molecular weight excluding hydrogens is 460 g/mol. The predicted molar refractivity (Wildman–Crippen MR) is 132 cm³/mol. The average molecular weight is 491 g/mol. The number of allylic oxidation sites excluding steroid dienone is 3. The number of dihydropyridines is 1. The molecule has 0 bridgehead atoms. The van der Waals surface area contributed by atoms with Crippen molar-refractivity contribution in [3.05, 3.63) is 82.5 Å². The van der Waals surface area contributed by atoms with Crippen LogP contribution < -0.4 is 10.1 Å². The number of carbonyl (C=O) groups excluding carboxylic acids is 3. The largest absolute Gasteiger partial charge is 0.497 e. The lowest BCUT2D eigenvalue weighted by Crippen LogP contribution is -2.43. The molecule has 2 heterocycles. The van der Waals surface area contributed by atoms with Crippen molar-refractivity contribution in [2.24, 2.45) is 5.92 Å². The van der Waals surface area contributed by atoms with Gasteiger partial charge in [0.25, 0.3) is 0 Å². The standard InChI is InChI=1S/C28H30N2O6/c1-5-35-27(32)22-16(3)30-21-15-20(17-7-9-19(34-4)10-8-17)24(28(33)36-6-2)26(31)25(21)23(22)18-11-13-29-14-12-18/h7-14,20,23-24,30H,5-6,15H2,1-4H3. The van der Waals surface area contributed by atoms with E-state index < -0.39 is 29.7 Å². The quantitative estimate of drug-likeness (QED) is 0.462. The summed E-state index contributed by atoms with van der Waals surface area (Å²) in [5.41, 5.74) is 3.59. The van der Waals surface area contributed by atoms with Gasteiger partial charge in [0.1, 0.15) is 11.7 Å². The number of aromatic nitrogens is 1. The molecule has 0 spiro atoms. The molecule has 188 valence electrons. The Morgan fingerprint density at radius 3 is 2.28 bits per heavy atom. The van der Waals surface area contributed by atoms with E-state index in [1.807, 2.05) is 24.3 Å². The van der Waals surface area contributed by atoms with Crippen LogP contribution in [-0.2, 0) is 23.9 Å². The summed E-state index contributed by atoms with van der Waals surface area (Å²) in [6.45, 7) is 5.60. The van der Waals surface area contributed by atoms with Crippen molar-refractivity contribution in [3.8, 4) is 5.75 Å². The summed E-state index contributed by atoms with van der Waals surface area (Å²) in [5, 5.41) is 3.30. The number of pyridine rings is 1. The van der Waals surface area contributed by atoms with Gasteiger partial charge in [-0.15, -0.1) is 0 Å². The molecule has 8 nitrogen and oxygen atoms in total. The van der Waals surface area contributed by atoms with Crippen LogP contribution in [-0.4, -0.2) is 43.0 Å². The van der Waals surface area contributed by atoms with Crippen LogP contribution in [0.15, 0.2) is 71.3 Å². The van der Waals surface area contributed by atoms with Crippen LogP contribution >= 0.6 is 0 Å². The van der Waals surface area contributed by atoms with Crippen molar-refractivity contribution < 1.29 is 28.6 Å². The molecule has 0 saturated heterocycles. The van der Waals surface area contributed by atoms with Gasteiger partial charge >= 0.3 is 11.9 Å². The van der Waals surface area contributed by atoms with Crippen LogP contribution in [0.4, 0.5) is 0 Å². The van der Waals surface area contributed by atoms with Crippen molar-refractivity contribution in [2.75, 3.05) is 20.3 Å². The van der Waals surface area contributed by atoms with Crippen LogP contribution in [0.25, 0.3) is 0 Å². The minimum Gasteiger partial charge on any atom is -0.497 e. The lowest BCUT2D eigenvalue weighted by Gasteiger charge is -2.39. The summed E-state index contributed by atoms with van der Waals surface area (Å²) in [6, 6.07) is 10.9. The number of hydrogen-bond donors (Lipinski definition) is 1. The Labute approximate surface area is 210 Å². The van der Waals surface area contributed by atoms with Crippen LogP contribution in [0, 0.1) is 5.92 Å². The fourth-order valence-corrected chi connectivity index (χ4v) is 5.07. The first kappa shape index (κ1) is 25.2. The van der Waals surface area contributed by atoms with Crippen LogP contribution in [0.2, 0.25) is 0 Å². The summed E-state index contributed by atoms with van der Waals surface area (Å²) in [5.74, 6) is -2.95. The number of methoxy groups -OCH3 is 1. The molecule has 0 fully saturated rings. The molecular formula is C28H30N2O6. The Balaban J connectivity index is 1.87. The highest BCUT2D eigenvalue weighted by Crippen LogP contribution is 2.48. The summed E-state index contributed by atoms with van der Waals surface area (Å²) in [7, 11) is 1.58. The van der Waals surface area contributed by atoms with Gasteiger partial charge in [0.05, 0.1) is 25.9 Å². The van der Waals surface area contributed by atoms with Crippen LogP contribution in [0.5, 0.6) is 5.75 Å². The Morgan fingerprint density at radius 2 is 1.67 bits per heavy atom. The van der Waals surface area contributed by atoms with Crippen molar-refractivity contribution >= 4 is 17.7 Å². The van der Waals surface area contributed by atoms with E-state index >= 15 is 0 Å². The summed E-state index contributed by atoms with van der Waals surface area (Å²) < 4.78 is 16.0. The smallest absolute Gasteiger partial charge is 0.336 e. The van der Waals surface area contributed by atoms with Crippen molar-refractivity contribution in [1.29, 1.82) is 0 Å². The number of hydrogen-bond acceptors (Lipinski definition) is 8. The van der Waals surface area contributed by atoms with Gasteiger partial charge in [-0.1, -0.05) is 12.1 Å². The molecule has 36 heavy (non-hydrogen) atoms. The third-order valence-corrected chi connectivity index (χ3v) is 6.64. The summed E-state index contributed by atoms with van der Waals surface area (Å²) >= 11 is 0. The summed E-state index contributed by atoms with van der Waals surface area (Å²) in [6.07, 6.45) is 3.63. The molecule has 0 amide bonds. The number of Topliss-reactive ketones (excluding diaryl/α,β-unsaturated/α-hetero) is 1. The normalized spacial score (nSPS) is 21.4. The molecule has 0 saturated carbocycles. The second-order valence-electron chi connectivity index (χ2n) is 8.67. The molecule has 1 aromatic carbocycles. The Kier molecular flexibility index (Phi) is 7.52. The topological polar surface area (TPSA) is 104 Å². The summed E-state index contributed by atoms with van der Waals surface area (Å²) in [4.78, 5) is 44.5. The van der Waals surface area contributed by atoms with E-state index in [2.05, 4.69) is 10.3 Å². The average Bonchev–Trinajstić information content (AvgIpc) is 2.88. The fraction of sp³-hybridized carbons (Fsp3) is 0.357. The molecule has 1 aromatic heterocycles. The maximum absolute atomic E-state index is 14.2.